The zero-order valence-corrected chi connectivity index (χ0v) is 10.3. The maximum Gasteiger partial charge on any atom is 0.00792 e. The van der Waals surface area contributed by atoms with Crippen LogP contribution in [0.1, 0.15) is 46.0 Å². The first kappa shape index (κ1) is 11.4. The van der Waals surface area contributed by atoms with Gasteiger partial charge in [-0.15, -0.1) is 0 Å². The predicted octanol–water partition coefficient (Wildman–Crippen LogP) is 2.15. The fourth-order valence-electron chi connectivity index (χ4n) is 2.47. The van der Waals surface area contributed by atoms with Crippen LogP contribution < -0.4 is 10.6 Å². The third-order valence-electron chi connectivity index (χ3n) is 4.22. The number of hydrogen-bond donors (Lipinski definition) is 2. The van der Waals surface area contributed by atoms with E-state index in [9.17, 15) is 0 Å². The molecule has 2 fully saturated rings. The molecule has 15 heavy (non-hydrogen) atoms. The van der Waals surface area contributed by atoms with Crippen molar-refractivity contribution in [2.75, 3.05) is 19.6 Å². The zero-order chi connectivity index (χ0) is 10.7. The summed E-state index contributed by atoms with van der Waals surface area (Å²) in [6.07, 6.45) is 7.22. The Hall–Kier alpha value is -0.0800. The van der Waals surface area contributed by atoms with Gasteiger partial charge in [0.2, 0.25) is 0 Å². The lowest BCUT2D eigenvalue weighted by molar-refractivity contribution is 0.399. The first-order valence-corrected chi connectivity index (χ1v) is 6.71. The van der Waals surface area contributed by atoms with E-state index >= 15 is 0 Å². The van der Waals surface area contributed by atoms with Crippen molar-refractivity contribution in [3.8, 4) is 0 Å². The van der Waals surface area contributed by atoms with Crippen LogP contribution in [-0.4, -0.2) is 25.7 Å². The second-order valence-electron chi connectivity index (χ2n) is 5.58. The Morgan fingerprint density at radius 2 is 2.00 bits per heavy atom. The molecule has 2 heteroatoms. The molecule has 2 saturated carbocycles. The lowest BCUT2D eigenvalue weighted by atomic mass is 10.0. The van der Waals surface area contributed by atoms with Gasteiger partial charge in [0, 0.05) is 25.7 Å². The predicted molar refractivity (Wildman–Crippen MR) is 65.0 cm³/mol. The lowest BCUT2D eigenvalue weighted by Crippen LogP contribution is -2.35. The fraction of sp³-hybridized carbons (Fsp3) is 1.00. The van der Waals surface area contributed by atoms with Gasteiger partial charge in [0.15, 0.2) is 0 Å². The van der Waals surface area contributed by atoms with Crippen LogP contribution in [-0.2, 0) is 0 Å². The molecule has 0 aliphatic heterocycles. The van der Waals surface area contributed by atoms with Gasteiger partial charge in [-0.2, -0.15) is 0 Å². The van der Waals surface area contributed by atoms with Crippen molar-refractivity contribution < 1.29 is 0 Å². The first-order chi connectivity index (χ1) is 7.27. The van der Waals surface area contributed by atoms with Gasteiger partial charge in [-0.25, -0.2) is 0 Å². The van der Waals surface area contributed by atoms with E-state index < -0.39 is 0 Å². The summed E-state index contributed by atoms with van der Waals surface area (Å²) in [4.78, 5) is 0. The van der Waals surface area contributed by atoms with Gasteiger partial charge in [0.25, 0.3) is 0 Å². The van der Waals surface area contributed by atoms with Gasteiger partial charge >= 0.3 is 0 Å². The van der Waals surface area contributed by atoms with Crippen molar-refractivity contribution in [2.45, 2.75) is 52.0 Å². The number of nitrogens with one attached hydrogen (secondary N) is 2. The van der Waals surface area contributed by atoms with E-state index in [1.165, 1.54) is 38.6 Å². The molecule has 0 bridgehead atoms. The molecule has 0 saturated heterocycles. The number of hydrogen-bond acceptors (Lipinski definition) is 2. The molecular formula is C13H26N2. The standard InChI is InChI=1S/C13H26N2/c1-3-11(2)15-9-8-14-10-13(6-7-13)12-4-5-12/h11-12,14-15H,3-10H2,1-2H3. The Kier molecular flexibility index (Phi) is 3.68. The molecule has 2 N–H and O–H groups in total. The van der Waals surface area contributed by atoms with Crippen LogP contribution in [0, 0.1) is 11.3 Å². The summed E-state index contributed by atoms with van der Waals surface area (Å²) in [6.45, 7) is 8.03. The molecule has 0 radical (unpaired) electrons. The molecular weight excluding hydrogens is 184 g/mol. The Morgan fingerprint density at radius 1 is 1.27 bits per heavy atom. The third-order valence-corrected chi connectivity index (χ3v) is 4.22. The van der Waals surface area contributed by atoms with Crippen LogP contribution >= 0.6 is 0 Å². The molecule has 0 aromatic rings. The molecule has 2 aliphatic carbocycles. The molecule has 2 aliphatic rings. The summed E-state index contributed by atoms with van der Waals surface area (Å²) in [6, 6.07) is 0.671. The van der Waals surface area contributed by atoms with E-state index in [1.54, 1.807) is 0 Å². The highest BCUT2D eigenvalue weighted by atomic mass is 15.0. The van der Waals surface area contributed by atoms with E-state index in [0.717, 1.165) is 24.4 Å². The van der Waals surface area contributed by atoms with Gasteiger partial charge in [-0.05, 0) is 50.4 Å². The topological polar surface area (TPSA) is 24.1 Å². The van der Waals surface area contributed by atoms with Crippen LogP contribution in [0.5, 0.6) is 0 Å². The lowest BCUT2D eigenvalue weighted by Gasteiger charge is -2.16. The van der Waals surface area contributed by atoms with Crippen molar-refractivity contribution in [3.05, 3.63) is 0 Å². The van der Waals surface area contributed by atoms with Crippen LogP contribution in [0.15, 0.2) is 0 Å². The molecule has 0 spiro atoms. The maximum absolute atomic E-state index is 3.63. The fourth-order valence-corrected chi connectivity index (χ4v) is 2.47. The van der Waals surface area contributed by atoms with Crippen molar-refractivity contribution in [3.63, 3.8) is 0 Å². The minimum absolute atomic E-state index is 0.671. The van der Waals surface area contributed by atoms with Gasteiger partial charge in [0.1, 0.15) is 0 Å². The summed E-state index contributed by atoms with van der Waals surface area (Å²) >= 11 is 0. The van der Waals surface area contributed by atoms with Crippen molar-refractivity contribution >= 4 is 0 Å². The highest BCUT2D eigenvalue weighted by Crippen LogP contribution is 2.60. The smallest absolute Gasteiger partial charge is 0.00792 e. The largest absolute Gasteiger partial charge is 0.315 e. The van der Waals surface area contributed by atoms with Gasteiger partial charge in [-0.1, -0.05) is 6.92 Å². The molecule has 1 atom stereocenters. The minimum Gasteiger partial charge on any atom is -0.315 e. The average Bonchev–Trinajstić information content (AvgIpc) is 3.08. The van der Waals surface area contributed by atoms with E-state index in [4.69, 9.17) is 0 Å². The Balaban J connectivity index is 1.48. The SMILES string of the molecule is CCC(C)NCCNCC1(C2CC2)CC1. The zero-order valence-electron chi connectivity index (χ0n) is 10.3. The molecule has 0 amide bonds. The van der Waals surface area contributed by atoms with Crippen molar-refractivity contribution in [1.29, 1.82) is 0 Å². The summed E-state index contributed by atoms with van der Waals surface area (Å²) in [5, 5.41) is 7.15. The normalized spacial score (nSPS) is 25.2. The summed E-state index contributed by atoms with van der Waals surface area (Å²) in [5.74, 6) is 1.09. The Labute approximate surface area is 94.2 Å². The highest BCUT2D eigenvalue weighted by molar-refractivity contribution is 5.04. The van der Waals surface area contributed by atoms with Crippen molar-refractivity contribution in [1.82, 2.24) is 10.6 Å². The molecule has 0 aromatic heterocycles. The van der Waals surface area contributed by atoms with Gasteiger partial charge in [-0.3, -0.25) is 0 Å². The van der Waals surface area contributed by atoms with Crippen molar-refractivity contribution in [2.24, 2.45) is 11.3 Å². The van der Waals surface area contributed by atoms with Crippen LogP contribution in [0.25, 0.3) is 0 Å². The van der Waals surface area contributed by atoms with Crippen LogP contribution in [0.4, 0.5) is 0 Å². The third kappa shape index (κ3) is 3.18. The molecule has 0 heterocycles. The van der Waals surface area contributed by atoms with E-state index in [2.05, 4.69) is 24.5 Å². The summed E-state index contributed by atoms with van der Waals surface area (Å²) in [7, 11) is 0. The Morgan fingerprint density at radius 3 is 2.53 bits per heavy atom. The van der Waals surface area contributed by atoms with E-state index in [0.29, 0.717) is 6.04 Å². The van der Waals surface area contributed by atoms with Gasteiger partial charge in [0.05, 0.1) is 0 Å². The molecule has 88 valence electrons. The monoisotopic (exact) mass is 210 g/mol. The quantitative estimate of drug-likeness (QED) is 0.600. The van der Waals surface area contributed by atoms with Gasteiger partial charge < -0.3 is 10.6 Å². The van der Waals surface area contributed by atoms with Crippen LogP contribution in [0.3, 0.4) is 0 Å². The second kappa shape index (κ2) is 4.84. The van der Waals surface area contributed by atoms with E-state index in [-0.39, 0.29) is 0 Å². The summed E-state index contributed by atoms with van der Waals surface area (Å²) < 4.78 is 0. The minimum atomic E-state index is 0.671. The first-order valence-electron chi connectivity index (χ1n) is 6.71. The number of rotatable bonds is 8. The Bertz CT molecular complexity index is 195. The molecule has 0 aromatic carbocycles. The summed E-state index contributed by atoms with van der Waals surface area (Å²) in [5.41, 5.74) is 0.760. The highest BCUT2D eigenvalue weighted by Gasteiger charge is 2.52. The second-order valence-corrected chi connectivity index (χ2v) is 5.58. The molecule has 2 rings (SSSR count). The molecule has 2 nitrogen and oxygen atoms in total. The maximum atomic E-state index is 3.63. The average molecular weight is 210 g/mol. The molecule has 1 unspecified atom stereocenters. The van der Waals surface area contributed by atoms with E-state index in [1.807, 2.05) is 0 Å². The van der Waals surface area contributed by atoms with Crippen LogP contribution in [0.2, 0.25) is 0 Å².